The molecule has 0 aromatic heterocycles. The third kappa shape index (κ3) is 3.96. The van der Waals surface area contributed by atoms with Crippen molar-refractivity contribution in [1.29, 1.82) is 0 Å². The van der Waals surface area contributed by atoms with Gasteiger partial charge in [-0.05, 0) is 34.1 Å². The Bertz CT molecular complexity index is 371. The number of hydrogen-bond acceptors (Lipinski definition) is 2. The van der Waals surface area contributed by atoms with Gasteiger partial charge in [-0.2, -0.15) is 0 Å². The van der Waals surface area contributed by atoms with Gasteiger partial charge in [0.05, 0.1) is 0 Å². The summed E-state index contributed by atoms with van der Waals surface area (Å²) >= 11 is 0. The fourth-order valence-corrected chi connectivity index (χ4v) is 1.86. The summed E-state index contributed by atoms with van der Waals surface area (Å²) in [6.45, 7) is 1.70. The Hall–Kier alpha value is -1.14. The first-order chi connectivity index (χ1) is 8.00. The lowest BCUT2D eigenvalue weighted by Gasteiger charge is -2.35. The molecule has 0 radical (unpaired) electrons. The molecule has 0 N–H and O–H groups in total. The van der Waals surface area contributed by atoms with Gasteiger partial charge in [0.15, 0.2) is 0 Å². The molecule has 1 rings (SSSR count). The van der Waals surface area contributed by atoms with E-state index in [-0.39, 0.29) is 25.1 Å². The van der Waals surface area contributed by atoms with Gasteiger partial charge in [-0.25, -0.2) is 4.79 Å². The number of carbonyl (C=O) groups is 1. The van der Waals surface area contributed by atoms with Crippen LogP contribution >= 0.6 is 0 Å². The molecule has 1 aliphatic rings. The summed E-state index contributed by atoms with van der Waals surface area (Å²) in [7, 11) is 0. The molecule has 0 unspecified atom stereocenters. The van der Waals surface area contributed by atoms with E-state index in [1.165, 1.54) is 11.8 Å². The standard InChI is InChI=1S/C11H18BF3NO2/c1-8-7-16(10(17)18-11(2,3)4)6-5-9(8)12(13,14)15/h5-7H2,1-4H3/q-1. The maximum Gasteiger partial charge on any atom is 0.505 e. The fourth-order valence-electron chi connectivity index (χ4n) is 1.86. The van der Waals surface area contributed by atoms with Gasteiger partial charge >= 0.3 is 13.1 Å². The number of hydrogen-bond donors (Lipinski definition) is 0. The lowest BCUT2D eigenvalue weighted by molar-refractivity contribution is 0.0259. The van der Waals surface area contributed by atoms with Crippen LogP contribution in [0.5, 0.6) is 0 Å². The zero-order chi connectivity index (χ0) is 14.1. The largest absolute Gasteiger partial charge is 0.505 e. The lowest BCUT2D eigenvalue weighted by atomic mass is 9.73. The first-order valence-electron chi connectivity index (χ1n) is 5.87. The topological polar surface area (TPSA) is 29.5 Å². The zero-order valence-corrected chi connectivity index (χ0v) is 11.1. The highest BCUT2D eigenvalue weighted by atomic mass is 19.4. The molecule has 18 heavy (non-hydrogen) atoms. The Morgan fingerprint density at radius 1 is 1.33 bits per heavy atom. The number of halogens is 3. The van der Waals surface area contributed by atoms with Crippen molar-refractivity contribution in [1.82, 2.24) is 4.90 Å². The molecule has 3 nitrogen and oxygen atoms in total. The first kappa shape index (κ1) is 14.9. The summed E-state index contributed by atoms with van der Waals surface area (Å²) in [6.07, 6.45) is -0.704. The molecule has 0 saturated heterocycles. The molecule has 0 bridgehead atoms. The summed E-state index contributed by atoms with van der Waals surface area (Å²) in [6, 6.07) is 0. The van der Waals surface area contributed by atoms with Crippen LogP contribution in [0.3, 0.4) is 0 Å². The second-order valence-electron chi connectivity index (χ2n) is 5.53. The van der Waals surface area contributed by atoms with Gasteiger partial charge in [0, 0.05) is 13.1 Å². The minimum atomic E-state index is -4.94. The Kier molecular flexibility index (Phi) is 4.03. The molecule has 0 fully saturated rings. The van der Waals surface area contributed by atoms with Crippen LogP contribution in [0.1, 0.15) is 34.1 Å². The van der Waals surface area contributed by atoms with Crippen LogP contribution in [0, 0.1) is 0 Å². The highest BCUT2D eigenvalue weighted by Gasteiger charge is 2.34. The van der Waals surface area contributed by atoms with Gasteiger partial charge in [0.1, 0.15) is 5.60 Å². The predicted molar refractivity (Wildman–Crippen MR) is 64.2 cm³/mol. The summed E-state index contributed by atoms with van der Waals surface area (Å²) in [5.41, 5.74) is -0.891. The van der Waals surface area contributed by atoms with Gasteiger partial charge in [-0.15, -0.1) is 5.47 Å². The van der Waals surface area contributed by atoms with Crippen LogP contribution in [0.2, 0.25) is 0 Å². The number of carbonyl (C=O) groups excluding carboxylic acids is 1. The van der Waals surface area contributed by atoms with Gasteiger partial charge in [0.25, 0.3) is 0 Å². The average molecular weight is 264 g/mol. The van der Waals surface area contributed by atoms with Gasteiger partial charge in [0.2, 0.25) is 0 Å². The van der Waals surface area contributed by atoms with Crippen molar-refractivity contribution in [2.75, 3.05) is 13.1 Å². The van der Waals surface area contributed by atoms with Crippen LogP contribution in [-0.4, -0.2) is 36.7 Å². The summed E-state index contributed by atoms with van der Waals surface area (Å²) in [4.78, 5) is 13.0. The smallest absolute Gasteiger partial charge is 0.445 e. The van der Waals surface area contributed by atoms with Crippen molar-refractivity contribution in [3.63, 3.8) is 0 Å². The quantitative estimate of drug-likeness (QED) is 0.680. The number of ether oxygens (including phenoxy) is 1. The minimum absolute atomic E-state index is 0.00843. The molecule has 0 aromatic rings. The van der Waals surface area contributed by atoms with Crippen LogP contribution in [0.25, 0.3) is 0 Å². The van der Waals surface area contributed by atoms with E-state index in [4.69, 9.17) is 4.74 Å². The van der Waals surface area contributed by atoms with E-state index in [0.717, 1.165) is 0 Å². The third-order valence-electron chi connectivity index (χ3n) is 2.67. The molecule has 1 amide bonds. The Labute approximate surface area is 105 Å². The molecule has 0 saturated carbocycles. The van der Waals surface area contributed by atoms with E-state index in [1.807, 2.05) is 0 Å². The minimum Gasteiger partial charge on any atom is -0.445 e. The Morgan fingerprint density at radius 3 is 2.28 bits per heavy atom. The lowest BCUT2D eigenvalue weighted by Crippen LogP contribution is -2.42. The maximum absolute atomic E-state index is 12.7. The van der Waals surface area contributed by atoms with E-state index < -0.39 is 24.1 Å². The van der Waals surface area contributed by atoms with Crippen molar-refractivity contribution in [3.05, 3.63) is 11.0 Å². The van der Waals surface area contributed by atoms with E-state index in [9.17, 15) is 17.7 Å². The van der Waals surface area contributed by atoms with Crippen molar-refractivity contribution in [2.45, 2.75) is 39.7 Å². The summed E-state index contributed by atoms with van der Waals surface area (Å²) in [5.74, 6) is 0. The van der Waals surface area contributed by atoms with Crippen molar-refractivity contribution < 1.29 is 22.5 Å². The highest BCUT2D eigenvalue weighted by Crippen LogP contribution is 2.30. The molecular formula is C11H18BF3NO2-. The number of nitrogens with zero attached hydrogens (tertiary/aromatic N) is 1. The van der Waals surface area contributed by atoms with Crippen molar-refractivity contribution >= 4 is 13.1 Å². The molecule has 0 atom stereocenters. The normalized spacial score (nSPS) is 18.1. The highest BCUT2D eigenvalue weighted by molar-refractivity contribution is 6.67. The van der Waals surface area contributed by atoms with Crippen LogP contribution in [0.4, 0.5) is 17.7 Å². The van der Waals surface area contributed by atoms with Crippen LogP contribution in [-0.2, 0) is 4.74 Å². The van der Waals surface area contributed by atoms with Crippen LogP contribution in [0.15, 0.2) is 11.0 Å². The number of rotatable bonds is 1. The molecule has 0 aliphatic carbocycles. The molecular weight excluding hydrogens is 246 g/mol. The molecule has 1 heterocycles. The van der Waals surface area contributed by atoms with Crippen molar-refractivity contribution in [3.8, 4) is 0 Å². The van der Waals surface area contributed by atoms with Crippen LogP contribution < -0.4 is 0 Å². The van der Waals surface area contributed by atoms with E-state index in [0.29, 0.717) is 0 Å². The summed E-state index contributed by atoms with van der Waals surface area (Å²) in [5, 5.41) is 0. The second-order valence-corrected chi connectivity index (χ2v) is 5.53. The second kappa shape index (κ2) is 4.86. The molecule has 0 aromatic carbocycles. The molecule has 1 aliphatic heterocycles. The molecule has 0 spiro atoms. The van der Waals surface area contributed by atoms with Gasteiger partial charge < -0.3 is 22.6 Å². The SMILES string of the molecule is CC1=C([B-](F)(F)F)CCN(C(=O)OC(C)(C)C)C1. The predicted octanol–water partition coefficient (Wildman–Crippen LogP) is 3.33. The van der Waals surface area contributed by atoms with Gasteiger partial charge in [-0.3, -0.25) is 0 Å². The third-order valence-corrected chi connectivity index (χ3v) is 2.67. The number of amides is 1. The van der Waals surface area contributed by atoms with E-state index >= 15 is 0 Å². The monoisotopic (exact) mass is 264 g/mol. The van der Waals surface area contributed by atoms with Gasteiger partial charge in [-0.1, -0.05) is 5.57 Å². The fraction of sp³-hybridized carbons (Fsp3) is 0.727. The maximum atomic E-state index is 12.7. The Balaban J connectivity index is 2.73. The van der Waals surface area contributed by atoms with E-state index in [1.54, 1.807) is 20.8 Å². The Morgan fingerprint density at radius 2 is 1.89 bits per heavy atom. The summed E-state index contributed by atoms with van der Waals surface area (Å²) < 4.78 is 43.1. The first-order valence-corrected chi connectivity index (χ1v) is 5.87. The molecule has 104 valence electrons. The average Bonchev–Trinajstić information content (AvgIpc) is 2.12. The van der Waals surface area contributed by atoms with E-state index in [2.05, 4.69) is 0 Å². The molecule has 7 heteroatoms. The van der Waals surface area contributed by atoms with Crippen molar-refractivity contribution in [2.24, 2.45) is 0 Å². The zero-order valence-electron chi connectivity index (χ0n) is 11.1.